The van der Waals surface area contributed by atoms with Crippen LogP contribution in [0, 0.1) is 0 Å². The van der Waals surface area contributed by atoms with Gasteiger partial charge in [-0.25, -0.2) is 0 Å². The monoisotopic (exact) mass is 251 g/mol. The highest BCUT2D eigenvalue weighted by molar-refractivity contribution is 5.96. The number of ether oxygens (including phenoxy) is 1. The molecule has 1 aromatic rings. The number of nitrogen functional groups attached to an aromatic ring is 1. The van der Waals surface area contributed by atoms with E-state index < -0.39 is 0 Å². The largest absolute Gasteiger partial charge is 0.397 e. The fourth-order valence-corrected chi connectivity index (χ4v) is 1.73. The molecule has 1 unspecified atom stereocenters. The number of hydrogen-bond acceptors (Lipinski definition) is 4. The van der Waals surface area contributed by atoms with Crippen molar-refractivity contribution < 1.29 is 9.53 Å². The van der Waals surface area contributed by atoms with E-state index in [1.165, 1.54) is 0 Å². The van der Waals surface area contributed by atoms with E-state index in [0.29, 0.717) is 17.9 Å². The second-order valence-corrected chi connectivity index (χ2v) is 4.27. The van der Waals surface area contributed by atoms with Gasteiger partial charge in [0, 0.05) is 32.8 Å². The number of carbonyl (C=O) groups is 1. The molecule has 5 heteroatoms. The summed E-state index contributed by atoms with van der Waals surface area (Å²) in [7, 11) is 5.20. The number of methoxy groups -OCH3 is 1. The average molecular weight is 251 g/mol. The first-order chi connectivity index (χ1) is 8.51. The van der Waals surface area contributed by atoms with Crippen molar-refractivity contribution in [2.45, 2.75) is 13.0 Å². The molecule has 1 atom stereocenters. The molecule has 0 radical (unpaired) electrons. The number of rotatable bonds is 5. The number of hydrogen-bond donors (Lipinski definition) is 2. The van der Waals surface area contributed by atoms with Crippen molar-refractivity contribution >= 4 is 17.3 Å². The Labute approximate surface area is 108 Å². The summed E-state index contributed by atoms with van der Waals surface area (Å²) in [4.78, 5) is 13.6. The van der Waals surface area contributed by atoms with Crippen LogP contribution in [0.4, 0.5) is 11.4 Å². The van der Waals surface area contributed by atoms with Gasteiger partial charge in [0.2, 0.25) is 0 Å². The smallest absolute Gasteiger partial charge is 0.251 e. The molecular formula is C13H21N3O2. The van der Waals surface area contributed by atoms with Crippen LogP contribution in [0.15, 0.2) is 18.2 Å². The molecule has 1 aromatic carbocycles. The van der Waals surface area contributed by atoms with E-state index in [-0.39, 0.29) is 11.9 Å². The van der Waals surface area contributed by atoms with Crippen molar-refractivity contribution in [3.8, 4) is 0 Å². The van der Waals surface area contributed by atoms with E-state index in [9.17, 15) is 4.79 Å². The standard InChI is InChI=1S/C13H21N3O2/c1-9(8-18-4)16(3)12-7-10(13(17)15-2)5-6-11(12)14/h5-7,9H,8,14H2,1-4H3,(H,15,17). The van der Waals surface area contributed by atoms with E-state index in [1.54, 1.807) is 32.4 Å². The first-order valence-corrected chi connectivity index (χ1v) is 5.84. The van der Waals surface area contributed by atoms with Crippen LogP contribution in [-0.4, -0.2) is 39.8 Å². The van der Waals surface area contributed by atoms with Gasteiger partial charge in [0.1, 0.15) is 0 Å². The molecule has 0 fully saturated rings. The van der Waals surface area contributed by atoms with Gasteiger partial charge in [-0.3, -0.25) is 4.79 Å². The Morgan fingerprint density at radius 2 is 2.22 bits per heavy atom. The Morgan fingerprint density at radius 3 is 2.78 bits per heavy atom. The normalized spacial score (nSPS) is 12.0. The maximum Gasteiger partial charge on any atom is 0.251 e. The summed E-state index contributed by atoms with van der Waals surface area (Å²) < 4.78 is 5.12. The quantitative estimate of drug-likeness (QED) is 0.769. The SMILES string of the molecule is CNC(=O)c1ccc(N)c(N(C)C(C)COC)c1. The zero-order valence-electron chi connectivity index (χ0n) is 11.4. The lowest BCUT2D eigenvalue weighted by molar-refractivity contribution is 0.0963. The molecule has 0 saturated heterocycles. The molecular weight excluding hydrogens is 230 g/mol. The Kier molecular flexibility index (Phi) is 4.97. The Hall–Kier alpha value is -1.75. The summed E-state index contributed by atoms with van der Waals surface area (Å²) in [5, 5.41) is 2.60. The number of likely N-dealkylation sites (N-methyl/N-ethyl adjacent to an activating group) is 1. The number of nitrogens with zero attached hydrogens (tertiary/aromatic N) is 1. The first-order valence-electron chi connectivity index (χ1n) is 5.84. The number of amides is 1. The predicted molar refractivity (Wildman–Crippen MR) is 74.0 cm³/mol. The van der Waals surface area contributed by atoms with Gasteiger partial charge in [-0.1, -0.05) is 0 Å². The molecule has 0 aromatic heterocycles. The third-order valence-corrected chi connectivity index (χ3v) is 2.97. The van der Waals surface area contributed by atoms with E-state index >= 15 is 0 Å². The molecule has 0 spiro atoms. The van der Waals surface area contributed by atoms with Crippen LogP contribution < -0.4 is 16.0 Å². The average Bonchev–Trinajstić information content (AvgIpc) is 2.37. The Bertz CT molecular complexity index is 421. The minimum atomic E-state index is -0.121. The van der Waals surface area contributed by atoms with Crippen LogP contribution in [0.5, 0.6) is 0 Å². The summed E-state index contributed by atoms with van der Waals surface area (Å²) in [5.41, 5.74) is 8.03. The Morgan fingerprint density at radius 1 is 1.56 bits per heavy atom. The molecule has 5 nitrogen and oxygen atoms in total. The maximum atomic E-state index is 11.6. The van der Waals surface area contributed by atoms with Crippen LogP contribution in [0.3, 0.4) is 0 Å². The second-order valence-electron chi connectivity index (χ2n) is 4.27. The van der Waals surface area contributed by atoms with Crippen molar-refractivity contribution in [2.24, 2.45) is 0 Å². The lowest BCUT2D eigenvalue weighted by Gasteiger charge is -2.28. The highest BCUT2D eigenvalue weighted by Crippen LogP contribution is 2.25. The zero-order valence-corrected chi connectivity index (χ0v) is 11.4. The molecule has 0 saturated carbocycles. The van der Waals surface area contributed by atoms with Gasteiger partial charge in [0.25, 0.3) is 5.91 Å². The molecule has 0 heterocycles. The molecule has 1 rings (SSSR count). The molecule has 3 N–H and O–H groups in total. The highest BCUT2D eigenvalue weighted by atomic mass is 16.5. The van der Waals surface area contributed by atoms with Crippen molar-refractivity contribution in [2.75, 3.05) is 38.4 Å². The van der Waals surface area contributed by atoms with E-state index in [1.807, 2.05) is 18.9 Å². The van der Waals surface area contributed by atoms with Gasteiger partial charge in [0.05, 0.1) is 18.0 Å². The lowest BCUT2D eigenvalue weighted by Crippen LogP contribution is -2.33. The zero-order chi connectivity index (χ0) is 13.7. The summed E-state index contributed by atoms with van der Waals surface area (Å²) in [6.45, 7) is 2.63. The van der Waals surface area contributed by atoms with Crippen LogP contribution in [0.25, 0.3) is 0 Å². The molecule has 0 aliphatic carbocycles. The van der Waals surface area contributed by atoms with Gasteiger partial charge in [0.15, 0.2) is 0 Å². The summed E-state index contributed by atoms with van der Waals surface area (Å²) in [6.07, 6.45) is 0. The molecule has 1 amide bonds. The van der Waals surface area contributed by atoms with Crippen molar-refractivity contribution in [3.63, 3.8) is 0 Å². The minimum Gasteiger partial charge on any atom is -0.397 e. The minimum absolute atomic E-state index is 0.121. The molecule has 18 heavy (non-hydrogen) atoms. The summed E-state index contributed by atoms with van der Waals surface area (Å²) in [6, 6.07) is 5.43. The third-order valence-electron chi connectivity index (χ3n) is 2.97. The van der Waals surface area contributed by atoms with Gasteiger partial charge < -0.3 is 20.7 Å². The summed E-state index contributed by atoms with van der Waals surface area (Å²) in [5.74, 6) is -0.121. The fourth-order valence-electron chi connectivity index (χ4n) is 1.73. The number of nitrogens with two attached hydrogens (primary N) is 1. The first kappa shape index (κ1) is 14.3. The van der Waals surface area contributed by atoms with Crippen LogP contribution in [-0.2, 0) is 4.74 Å². The molecule has 0 aliphatic heterocycles. The number of anilines is 2. The van der Waals surface area contributed by atoms with Crippen LogP contribution >= 0.6 is 0 Å². The van der Waals surface area contributed by atoms with Gasteiger partial charge >= 0.3 is 0 Å². The van der Waals surface area contributed by atoms with Crippen molar-refractivity contribution in [1.82, 2.24) is 5.32 Å². The molecule has 0 bridgehead atoms. The summed E-state index contributed by atoms with van der Waals surface area (Å²) >= 11 is 0. The number of nitrogens with one attached hydrogen (secondary N) is 1. The van der Waals surface area contributed by atoms with Gasteiger partial charge in [-0.15, -0.1) is 0 Å². The topological polar surface area (TPSA) is 67.6 Å². The number of benzene rings is 1. The van der Waals surface area contributed by atoms with E-state index in [2.05, 4.69) is 5.32 Å². The lowest BCUT2D eigenvalue weighted by atomic mass is 10.1. The Balaban J connectivity index is 3.03. The predicted octanol–water partition coefficient (Wildman–Crippen LogP) is 1.10. The molecule has 100 valence electrons. The second kappa shape index (κ2) is 6.26. The van der Waals surface area contributed by atoms with Gasteiger partial charge in [-0.05, 0) is 25.1 Å². The van der Waals surface area contributed by atoms with Gasteiger partial charge in [-0.2, -0.15) is 0 Å². The third kappa shape index (κ3) is 3.13. The number of carbonyl (C=O) groups excluding carboxylic acids is 1. The van der Waals surface area contributed by atoms with E-state index in [0.717, 1.165) is 5.69 Å². The van der Waals surface area contributed by atoms with E-state index in [4.69, 9.17) is 10.5 Å². The van der Waals surface area contributed by atoms with Crippen molar-refractivity contribution in [1.29, 1.82) is 0 Å². The highest BCUT2D eigenvalue weighted by Gasteiger charge is 2.14. The van der Waals surface area contributed by atoms with Crippen LogP contribution in [0.1, 0.15) is 17.3 Å². The van der Waals surface area contributed by atoms with Crippen LogP contribution in [0.2, 0.25) is 0 Å². The fraction of sp³-hybridized carbons (Fsp3) is 0.462. The maximum absolute atomic E-state index is 11.6. The van der Waals surface area contributed by atoms with Crippen molar-refractivity contribution in [3.05, 3.63) is 23.8 Å². The molecule has 0 aliphatic rings.